The maximum atomic E-state index is 6.07. The molecule has 0 aliphatic heterocycles. The molecule has 0 heterocycles. The van der Waals surface area contributed by atoms with E-state index in [2.05, 4.69) is 22.5 Å². The summed E-state index contributed by atoms with van der Waals surface area (Å²) in [6.07, 6.45) is 0.783. The molecule has 2 N–H and O–H groups in total. The lowest BCUT2D eigenvalue weighted by molar-refractivity contribution is 0.413. The van der Waals surface area contributed by atoms with E-state index in [1.54, 1.807) is 7.11 Å². The van der Waals surface area contributed by atoms with Crippen LogP contribution in [0, 0.1) is 0 Å². The SMILES string of the molecule is C=C(C)C[C@H](N)c1cc(OC)ccc1Br.Cl. The van der Waals surface area contributed by atoms with Gasteiger partial charge in [0.05, 0.1) is 7.11 Å². The van der Waals surface area contributed by atoms with E-state index in [4.69, 9.17) is 10.5 Å². The third-order valence-electron chi connectivity index (χ3n) is 2.17. The van der Waals surface area contributed by atoms with Gasteiger partial charge in [-0.2, -0.15) is 0 Å². The van der Waals surface area contributed by atoms with Crippen LogP contribution in [-0.2, 0) is 0 Å². The number of ether oxygens (including phenoxy) is 1. The summed E-state index contributed by atoms with van der Waals surface area (Å²) >= 11 is 3.48. The van der Waals surface area contributed by atoms with Crippen molar-refractivity contribution in [1.82, 2.24) is 0 Å². The van der Waals surface area contributed by atoms with Crippen molar-refractivity contribution in [3.63, 3.8) is 0 Å². The van der Waals surface area contributed by atoms with Crippen LogP contribution in [0.4, 0.5) is 0 Å². The number of methoxy groups -OCH3 is 1. The Bertz CT molecular complexity index is 368. The maximum Gasteiger partial charge on any atom is 0.119 e. The van der Waals surface area contributed by atoms with Crippen LogP contribution in [0.25, 0.3) is 0 Å². The number of rotatable bonds is 4. The first-order valence-electron chi connectivity index (χ1n) is 4.78. The van der Waals surface area contributed by atoms with Crippen molar-refractivity contribution in [3.05, 3.63) is 40.4 Å². The number of benzene rings is 1. The number of hydrogen-bond donors (Lipinski definition) is 1. The zero-order valence-electron chi connectivity index (χ0n) is 9.50. The zero-order valence-corrected chi connectivity index (χ0v) is 11.9. The number of halogens is 2. The molecule has 0 saturated heterocycles. The summed E-state index contributed by atoms with van der Waals surface area (Å²) in [5, 5.41) is 0. The van der Waals surface area contributed by atoms with E-state index in [0.29, 0.717) is 0 Å². The van der Waals surface area contributed by atoms with E-state index in [9.17, 15) is 0 Å². The number of nitrogens with two attached hydrogens (primary N) is 1. The van der Waals surface area contributed by atoms with Crippen molar-refractivity contribution in [3.8, 4) is 5.75 Å². The fourth-order valence-corrected chi connectivity index (χ4v) is 1.96. The van der Waals surface area contributed by atoms with E-state index in [1.807, 2.05) is 25.1 Å². The Morgan fingerprint density at radius 1 is 1.56 bits per heavy atom. The Morgan fingerprint density at radius 3 is 2.69 bits per heavy atom. The second-order valence-corrected chi connectivity index (χ2v) is 4.51. The van der Waals surface area contributed by atoms with Gasteiger partial charge < -0.3 is 10.5 Å². The summed E-state index contributed by atoms with van der Waals surface area (Å²) in [6.45, 7) is 5.85. The Balaban J connectivity index is 0.00000225. The van der Waals surface area contributed by atoms with Gasteiger partial charge in [0.1, 0.15) is 5.75 Å². The first-order chi connectivity index (χ1) is 7.04. The van der Waals surface area contributed by atoms with Crippen LogP contribution in [-0.4, -0.2) is 7.11 Å². The van der Waals surface area contributed by atoms with Crippen LogP contribution in [0.1, 0.15) is 24.9 Å². The molecule has 2 nitrogen and oxygen atoms in total. The Labute approximate surface area is 111 Å². The van der Waals surface area contributed by atoms with Crippen LogP contribution in [0.2, 0.25) is 0 Å². The van der Waals surface area contributed by atoms with Gasteiger partial charge in [-0.25, -0.2) is 0 Å². The average molecular weight is 307 g/mol. The van der Waals surface area contributed by atoms with Crippen LogP contribution >= 0.6 is 28.3 Å². The summed E-state index contributed by atoms with van der Waals surface area (Å²) < 4.78 is 6.18. The molecule has 0 radical (unpaired) electrons. The molecule has 0 saturated carbocycles. The van der Waals surface area contributed by atoms with E-state index < -0.39 is 0 Å². The van der Waals surface area contributed by atoms with Crippen molar-refractivity contribution < 1.29 is 4.74 Å². The van der Waals surface area contributed by atoms with Gasteiger partial charge in [0.2, 0.25) is 0 Å². The molecule has 1 atom stereocenters. The first-order valence-corrected chi connectivity index (χ1v) is 5.57. The maximum absolute atomic E-state index is 6.07. The molecule has 16 heavy (non-hydrogen) atoms. The minimum Gasteiger partial charge on any atom is -0.497 e. The number of hydrogen-bond acceptors (Lipinski definition) is 2. The Kier molecular flexibility index (Phi) is 6.72. The van der Waals surface area contributed by atoms with Gasteiger partial charge in [-0.1, -0.05) is 21.5 Å². The van der Waals surface area contributed by atoms with Gasteiger partial charge in [-0.15, -0.1) is 19.0 Å². The Morgan fingerprint density at radius 2 is 2.19 bits per heavy atom. The minimum atomic E-state index is -0.0352. The molecule has 0 bridgehead atoms. The van der Waals surface area contributed by atoms with E-state index in [1.165, 1.54) is 0 Å². The molecular weight excluding hydrogens is 289 g/mol. The summed E-state index contributed by atoms with van der Waals surface area (Å²) in [7, 11) is 1.65. The summed E-state index contributed by atoms with van der Waals surface area (Å²) in [5.41, 5.74) is 8.21. The molecule has 4 heteroatoms. The molecule has 0 fully saturated rings. The standard InChI is InChI=1S/C12H16BrNO.ClH/c1-8(2)6-12(14)10-7-9(15-3)4-5-11(10)13;/h4-5,7,12H,1,6,14H2,2-3H3;1H/t12-;/m0./s1. The first kappa shape index (κ1) is 15.5. The lowest BCUT2D eigenvalue weighted by Crippen LogP contribution is -2.11. The fourth-order valence-electron chi connectivity index (χ4n) is 1.42. The Hall–Kier alpha value is -0.510. The molecule has 0 unspecified atom stereocenters. The second kappa shape index (κ2) is 6.94. The molecule has 1 aromatic carbocycles. The summed E-state index contributed by atoms with van der Waals surface area (Å²) in [4.78, 5) is 0. The van der Waals surface area contributed by atoms with Gasteiger partial charge in [-0.3, -0.25) is 0 Å². The smallest absolute Gasteiger partial charge is 0.119 e. The van der Waals surface area contributed by atoms with Crippen LogP contribution in [0.15, 0.2) is 34.8 Å². The summed E-state index contributed by atoms with van der Waals surface area (Å²) in [6, 6.07) is 5.78. The average Bonchev–Trinajstić information content (AvgIpc) is 2.17. The largest absolute Gasteiger partial charge is 0.497 e. The van der Waals surface area contributed by atoms with Crippen molar-refractivity contribution in [2.75, 3.05) is 7.11 Å². The molecule has 90 valence electrons. The lowest BCUT2D eigenvalue weighted by atomic mass is 10.0. The highest BCUT2D eigenvalue weighted by atomic mass is 79.9. The molecule has 1 rings (SSSR count). The van der Waals surface area contributed by atoms with Gasteiger partial charge in [0.25, 0.3) is 0 Å². The monoisotopic (exact) mass is 305 g/mol. The quantitative estimate of drug-likeness (QED) is 0.858. The predicted molar refractivity (Wildman–Crippen MR) is 74.3 cm³/mol. The van der Waals surface area contributed by atoms with Gasteiger partial charge in [0, 0.05) is 10.5 Å². The van der Waals surface area contributed by atoms with Crippen molar-refractivity contribution >= 4 is 28.3 Å². The second-order valence-electron chi connectivity index (χ2n) is 3.66. The fraction of sp³-hybridized carbons (Fsp3) is 0.333. The topological polar surface area (TPSA) is 35.2 Å². The van der Waals surface area contributed by atoms with Crippen LogP contribution in [0.3, 0.4) is 0 Å². The highest BCUT2D eigenvalue weighted by Gasteiger charge is 2.11. The molecule has 0 aliphatic carbocycles. The highest BCUT2D eigenvalue weighted by Crippen LogP contribution is 2.29. The highest BCUT2D eigenvalue weighted by molar-refractivity contribution is 9.10. The van der Waals surface area contributed by atoms with Crippen molar-refractivity contribution in [2.24, 2.45) is 5.73 Å². The van der Waals surface area contributed by atoms with Gasteiger partial charge in [0.15, 0.2) is 0 Å². The van der Waals surface area contributed by atoms with Crippen molar-refractivity contribution in [1.29, 1.82) is 0 Å². The van der Waals surface area contributed by atoms with Crippen molar-refractivity contribution in [2.45, 2.75) is 19.4 Å². The van der Waals surface area contributed by atoms with E-state index in [-0.39, 0.29) is 18.4 Å². The predicted octanol–water partition coefficient (Wildman–Crippen LogP) is 3.85. The molecule has 0 spiro atoms. The third-order valence-corrected chi connectivity index (χ3v) is 2.89. The molecule has 1 aromatic rings. The normalized spacial score (nSPS) is 11.5. The molecule has 0 aromatic heterocycles. The summed E-state index contributed by atoms with van der Waals surface area (Å²) in [5.74, 6) is 0.824. The lowest BCUT2D eigenvalue weighted by Gasteiger charge is -2.14. The van der Waals surface area contributed by atoms with E-state index in [0.717, 1.165) is 27.8 Å². The molecule has 0 amide bonds. The van der Waals surface area contributed by atoms with Gasteiger partial charge in [-0.05, 0) is 37.1 Å². The molecule has 0 aliphatic rings. The van der Waals surface area contributed by atoms with Crippen LogP contribution < -0.4 is 10.5 Å². The zero-order chi connectivity index (χ0) is 11.4. The third kappa shape index (κ3) is 4.16. The van der Waals surface area contributed by atoms with E-state index >= 15 is 0 Å². The van der Waals surface area contributed by atoms with Crippen LogP contribution in [0.5, 0.6) is 5.75 Å². The minimum absolute atomic E-state index is 0. The van der Waals surface area contributed by atoms with Gasteiger partial charge >= 0.3 is 0 Å². The molecular formula is C12H17BrClNO.